The number of aryl methyl sites for hydroxylation is 2. The van der Waals surface area contributed by atoms with Crippen molar-refractivity contribution in [1.82, 2.24) is 10.2 Å². The van der Waals surface area contributed by atoms with Gasteiger partial charge in [-0.2, -0.15) is 0 Å². The van der Waals surface area contributed by atoms with Crippen LogP contribution < -0.4 is 10.6 Å². The summed E-state index contributed by atoms with van der Waals surface area (Å²) in [5, 5.41) is 6.04. The normalized spacial score (nSPS) is 11.5. The van der Waals surface area contributed by atoms with Crippen LogP contribution in [-0.4, -0.2) is 43.9 Å². The highest BCUT2D eigenvalue weighted by Gasteiger charge is 2.36. The molecule has 0 bridgehead atoms. The third-order valence-electron chi connectivity index (χ3n) is 3.65. The van der Waals surface area contributed by atoms with Gasteiger partial charge in [0.2, 0.25) is 11.8 Å². The van der Waals surface area contributed by atoms with E-state index in [1.165, 1.54) is 0 Å². The third kappa shape index (κ3) is 5.22. The number of benzene rings is 1. The molecule has 1 rings (SSSR count). The maximum atomic E-state index is 12.5. The lowest BCUT2D eigenvalue weighted by Gasteiger charge is -2.24. The van der Waals surface area contributed by atoms with E-state index in [0.29, 0.717) is 23.8 Å². The molecular weight excluding hydrogens is 314 g/mol. The van der Waals surface area contributed by atoms with Gasteiger partial charge in [0.25, 0.3) is 0 Å². The van der Waals surface area contributed by atoms with Crippen LogP contribution in [0.3, 0.4) is 0 Å². The maximum Gasteiger partial charge on any atom is 0.239 e. The summed E-state index contributed by atoms with van der Waals surface area (Å²) in [7, 11) is 3.85. The Morgan fingerprint density at radius 2 is 1.78 bits per heavy atom. The van der Waals surface area contributed by atoms with E-state index < -0.39 is 5.41 Å². The fourth-order valence-corrected chi connectivity index (χ4v) is 2.43. The highest BCUT2D eigenvalue weighted by Crippen LogP contribution is 2.29. The number of halogens is 1. The predicted octanol–water partition coefficient (Wildman–Crippen LogP) is 2.60. The molecule has 0 heterocycles. The Hall–Kier alpha value is -1.59. The number of amides is 2. The average Bonchev–Trinajstić information content (AvgIpc) is 2.41. The van der Waals surface area contributed by atoms with Crippen LogP contribution in [0.2, 0.25) is 5.02 Å². The maximum absolute atomic E-state index is 12.5. The predicted molar refractivity (Wildman–Crippen MR) is 94.9 cm³/mol. The van der Waals surface area contributed by atoms with Crippen molar-refractivity contribution in [2.45, 2.75) is 27.7 Å². The van der Waals surface area contributed by atoms with Crippen LogP contribution in [0.15, 0.2) is 12.1 Å². The van der Waals surface area contributed by atoms with Crippen molar-refractivity contribution in [2.24, 2.45) is 5.41 Å². The zero-order valence-electron chi connectivity index (χ0n) is 14.7. The van der Waals surface area contributed by atoms with Gasteiger partial charge in [0.15, 0.2) is 0 Å². The number of likely N-dealkylation sites (N-methyl/N-ethyl adjacent to an activating group) is 1. The van der Waals surface area contributed by atoms with Crippen LogP contribution in [-0.2, 0) is 9.59 Å². The van der Waals surface area contributed by atoms with Gasteiger partial charge in [-0.25, -0.2) is 0 Å². The largest absolute Gasteiger partial charge is 0.354 e. The van der Waals surface area contributed by atoms with Crippen molar-refractivity contribution in [3.8, 4) is 0 Å². The zero-order chi connectivity index (χ0) is 17.8. The van der Waals surface area contributed by atoms with Crippen molar-refractivity contribution in [3.05, 3.63) is 28.3 Å². The van der Waals surface area contributed by atoms with E-state index in [4.69, 9.17) is 11.6 Å². The van der Waals surface area contributed by atoms with Crippen LogP contribution >= 0.6 is 11.6 Å². The summed E-state index contributed by atoms with van der Waals surface area (Å²) < 4.78 is 0. The Labute approximate surface area is 143 Å². The monoisotopic (exact) mass is 339 g/mol. The Morgan fingerprint density at radius 1 is 1.17 bits per heavy atom. The van der Waals surface area contributed by atoms with E-state index in [-0.39, 0.29) is 11.8 Å². The fraction of sp³-hybridized carbons (Fsp3) is 0.529. The van der Waals surface area contributed by atoms with Crippen molar-refractivity contribution in [1.29, 1.82) is 0 Å². The number of hydrogen-bond acceptors (Lipinski definition) is 3. The summed E-state index contributed by atoms with van der Waals surface area (Å²) in [6.07, 6.45) is 0. The molecule has 5 nitrogen and oxygen atoms in total. The average molecular weight is 340 g/mol. The van der Waals surface area contributed by atoms with Gasteiger partial charge in [-0.1, -0.05) is 17.7 Å². The molecule has 0 radical (unpaired) electrons. The standard InChI is InChI=1S/C17H26ClN3O2/c1-11-9-12(2)14(13(18)10-11)20-16(23)17(3,4)15(22)19-7-8-21(5)6/h9-10H,7-8H2,1-6H3,(H,19,22)(H,20,23). The van der Waals surface area contributed by atoms with Crippen LogP contribution in [0.1, 0.15) is 25.0 Å². The lowest BCUT2D eigenvalue weighted by molar-refractivity contribution is -0.138. The molecule has 0 saturated heterocycles. The van der Waals surface area contributed by atoms with Gasteiger partial charge < -0.3 is 15.5 Å². The first kappa shape index (κ1) is 19.5. The molecule has 6 heteroatoms. The first-order chi connectivity index (χ1) is 10.6. The molecule has 0 saturated carbocycles. The minimum absolute atomic E-state index is 0.308. The van der Waals surface area contributed by atoms with Crippen molar-refractivity contribution < 1.29 is 9.59 Å². The molecule has 0 aliphatic rings. The zero-order valence-corrected chi connectivity index (χ0v) is 15.5. The highest BCUT2D eigenvalue weighted by molar-refractivity contribution is 6.34. The van der Waals surface area contributed by atoms with Crippen LogP contribution in [0.5, 0.6) is 0 Å². The summed E-state index contributed by atoms with van der Waals surface area (Å²) in [5.41, 5.74) is 1.25. The number of anilines is 1. The Bertz CT molecular complexity index is 574. The summed E-state index contributed by atoms with van der Waals surface area (Å²) in [5.74, 6) is -0.688. The number of rotatable bonds is 6. The lowest BCUT2D eigenvalue weighted by Crippen LogP contribution is -2.46. The van der Waals surface area contributed by atoms with Crippen molar-refractivity contribution in [3.63, 3.8) is 0 Å². The summed E-state index contributed by atoms with van der Waals surface area (Å²) >= 11 is 6.21. The van der Waals surface area contributed by atoms with E-state index in [9.17, 15) is 9.59 Å². The molecule has 128 valence electrons. The Kier molecular flexibility index (Phi) is 6.59. The van der Waals surface area contributed by atoms with E-state index in [1.807, 2.05) is 38.9 Å². The molecule has 1 aromatic rings. The van der Waals surface area contributed by atoms with E-state index in [2.05, 4.69) is 10.6 Å². The molecule has 1 aromatic carbocycles. The Morgan fingerprint density at radius 3 is 2.30 bits per heavy atom. The lowest BCUT2D eigenvalue weighted by atomic mass is 9.90. The van der Waals surface area contributed by atoms with Gasteiger partial charge in [-0.15, -0.1) is 0 Å². The second-order valence-corrected chi connectivity index (χ2v) is 6.98. The molecule has 2 amide bonds. The smallest absolute Gasteiger partial charge is 0.239 e. The quantitative estimate of drug-likeness (QED) is 0.783. The molecule has 0 unspecified atom stereocenters. The molecule has 0 aromatic heterocycles. The van der Waals surface area contributed by atoms with Gasteiger partial charge >= 0.3 is 0 Å². The van der Waals surface area contributed by atoms with Crippen LogP contribution in [0, 0.1) is 19.3 Å². The minimum atomic E-state index is -1.19. The molecule has 0 aliphatic heterocycles. The molecule has 0 atom stereocenters. The van der Waals surface area contributed by atoms with Gasteiger partial charge in [0.05, 0.1) is 10.7 Å². The van der Waals surface area contributed by atoms with Gasteiger partial charge in [-0.05, 0) is 59.0 Å². The minimum Gasteiger partial charge on any atom is -0.354 e. The highest BCUT2D eigenvalue weighted by atomic mass is 35.5. The topological polar surface area (TPSA) is 61.4 Å². The van der Waals surface area contributed by atoms with Crippen molar-refractivity contribution in [2.75, 3.05) is 32.5 Å². The summed E-state index contributed by atoms with van der Waals surface area (Å²) in [6.45, 7) is 8.22. The molecule has 2 N–H and O–H groups in total. The molecule has 0 spiro atoms. The first-order valence-corrected chi connectivity index (χ1v) is 7.94. The van der Waals surface area contributed by atoms with Gasteiger partial charge in [-0.3, -0.25) is 9.59 Å². The molecular formula is C17H26ClN3O2. The van der Waals surface area contributed by atoms with E-state index in [0.717, 1.165) is 11.1 Å². The SMILES string of the molecule is Cc1cc(C)c(NC(=O)C(C)(C)C(=O)NCCN(C)C)c(Cl)c1. The van der Waals surface area contributed by atoms with E-state index >= 15 is 0 Å². The van der Waals surface area contributed by atoms with Crippen molar-refractivity contribution >= 4 is 29.1 Å². The number of nitrogens with one attached hydrogen (secondary N) is 2. The second-order valence-electron chi connectivity index (χ2n) is 6.58. The molecule has 0 aliphatic carbocycles. The summed E-state index contributed by atoms with van der Waals surface area (Å²) in [6, 6.07) is 3.72. The van der Waals surface area contributed by atoms with Gasteiger partial charge in [0, 0.05) is 13.1 Å². The number of carbonyl (C=O) groups is 2. The molecule has 23 heavy (non-hydrogen) atoms. The third-order valence-corrected chi connectivity index (χ3v) is 3.95. The second kappa shape index (κ2) is 7.79. The first-order valence-electron chi connectivity index (χ1n) is 7.57. The molecule has 0 fully saturated rings. The number of nitrogens with zero attached hydrogens (tertiary/aromatic N) is 1. The Balaban J connectivity index is 2.81. The fourth-order valence-electron chi connectivity index (χ4n) is 2.06. The van der Waals surface area contributed by atoms with E-state index in [1.54, 1.807) is 19.9 Å². The van der Waals surface area contributed by atoms with Crippen LogP contribution in [0.25, 0.3) is 0 Å². The van der Waals surface area contributed by atoms with Gasteiger partial charge in [0.1, 0.15) is 5.41 Å². The number of hydrogen-bond donors (Lipinski definition) is 2. The number of carbonyl (C=O) groups excluding carboxylic acids is 2. The summed E-state index contributed by atoms with van der Waals surface area (Å²) in [4.78, 5) is 26.8. The van der Waals surface area contributed by atoms with Crippen LogP contribution in [0.4, 0.5) is 5.69 Å².